The largest absolute Gasteiger partial charge is 0.359 e. The van der Waals surface area contributed by atoms with Gasteiger partial charge in [-0.05, 0) is 43.0 Å². The van der Waals surface area contributed by atoms with Crippen molar-refractivity contribution < 1.29 is 4.79 Å². The summed E-state index contributed by atoms with van der Waals surface area (Å²) in [5.41, 5.74) is 2.62. The molecule has 1 heterocycles. The fourth-order valence-electron chi connectivity index (χ4n) is 3.69. The summed E-state index contributed by atoms with van der Waals surface area (Å²) in [5.74, 6) is 1.57. The molecule has 7 heteroatoms. The van der Waals surface area contributed by atoms with E-state index in [2.05, 4.69) is 63.5 Å². The number of hydrogen-bond donors (Lipinski definition) is 2. The number of likely N-dealkylation sites (tertiary alicyclic amines) is 1. The molecule has 1 aromatic rings. The monoisotopic (exact) mass is 515 g/mol. The fraction of sp³-hybridized carbons (Fsp3) is 0.636. The fourth-order valence-corrected chi connectivity index (χ4v) is 3.69. The molecule has 1 aromatic carbocycles. The summed E-state index contributed by atoms with van der Waals surface area (Å²) in [5, 5.41) is 6.22. The van der Waals surface area contributed by atoms with Crippen molar-refractivity contribution in [1.82, 2.24) is 20.4 Å². The van der Waals surface area contributed by atoms with Crippen LogP contribution in [-0.4, -0.2) is 61.9 Å². The number of amides is 1. The van der Waals surface area contributed by atoms with Crippen LogP contribution in [0.3, 0.4) is 0 Å². The lowest BCUT2D eigenvalue weighted by molar-refractivity contribution is -0.121. The Morgan fingerprint density at radius 3 is 2.24 bits per heavy atom. The lowest BCUT2D eigenvalue weighted by Gasteiger charge is -2.34. The van der Waals surface area contributed by atoms with Crippen LogP contribution in [0.4, 0.5) is 0 Å². The average Bonchev–Trinajstić information content (AvgIpc) is 2.74. The minimum absolute atomic E-state index is 0. The first kappa shape index (κ1) is 25.7. The van der Waals surface area contributed by atoms with Gasteiger partial charge in [-0.25, -0.2) is 0 Å². The molecule has 0 aromatic heterocycles. The second-order valence-electron chi connectivity index (χ2n) is 7.49. The van der Waals surface area contributed by atoms with Crippen molar-refractivity contribution in [3.8, 4) is 0 Å². The number of guanidine groups is 1. The van der Waals surface area contributed by atoms with Crippen LogP contribution >= 0.6 is 24.0 Å². The van der Waals surface area contributed by atoms with Gasteiger partial charge in [-0.2, -0.15) is 0 Å². The summed E-state index contributed by atoms with van der Waals surface area (Å²) >= 11 is 0. The molecule has 1 saturated heterocycles. The number of aliphatic imine (C=N–C) groups is 1. The molecule has 1 fully saturated rings. The highest BCUT2D eigenvalue weighted by molar-refractivity contribution is 14.0. The van der Waals surface area contributed by atoms with E-state index in [1.54, 1.807) is 7.05 Å². The van der Waals surface area contributed by atoms with Crippen LogP contribution in [0.5, 0.6) is 0 Å². The Labute approximate surface area is 193 Å². The molecule has 0 radical (unpaired) electrons. The van der Waals surface area contributed by atoms with Crippen molar-refractivity contribution in [2.24, 2.45) is 10.9 Å². The van der Waals surface area contributed by atoms with E-state index in [1.807, 2.05) is 7.05 Å². The lowest BCUT2D eigenvalue weighted by atomic mass is 9.93. The number of halogens is 1. The zero-order valence-electron chi connectivity index (χ0n) is 18.4. The molecular weight excluding hydrogens is 477 g/mol. The Morgan fingerprint density at radius 2 is 1.72 bits per heavy atom. The van der Waals surface area contributed by atoms with Gasteiger partial charge in [0.1, 0.15) is 0 Å². The Kier molecular flexibility index (Phi) is 12.2. The van der Waals surface area contributed by atoms with Crippen LogP contribution < -0.4 is 10.6 Å². The Hall–Kier alpha value is -1.35. The Balaban J connectivity index is 0.00000420. The van der Waals surface area contributed by atoms with Gasteiger partial charge < -0.3 is 15.5 Å². The topological polar surface area (TPSA) is 60.0 Å². The first-order valence-electron chi connectivity index (χ1n) is 10.6. The van der Waals surface area contributed by atoms with E-state index < -0.39 is 0 Å². The molecule has 2 N–H and O–H groups in total. The van der Waals surface area contributed by atoms with Crippen molar-refractivity contribution in [3.05, 3.63) is 35.4 Å². The lowest BCUT2D eigenvalue weighted by Crippen LogP contribution is -2.45. The molecule has 1 amide bonds. The van der Waals surface area contributed by atoms with Gasteiger partial charge in [-0.3, -0.25) is 14.7 Å². The quantitative estimate of drug-likeness (QED) is 0.318. The van der Waals surface area contributed by atoms with E-state index in [-0.39, 0.29) is 29.9 Å². The molecule has 1 aliphatic heterocycles. The molecule has 0 saturated carbocycles. The van der Waals surface area contributed by atoms with Gasteiger partial charge in [-0.1, -0.05) is 38.1 Å². The number of hydrogen-bond acceptors (Lipinski definition) is 3. The zero-order valence-corrected chi connectivity index (χ0v) is 20.7. The predicted octanol–water partition coefficient (Wildman–Crippen LogP) is 3.07. The number of carbonyl (C=O) groups is 1. The van der Waals surface area contributed by atoms with Gasteiger partial charge in [0.25, 0.3) is 0 Å². The molecule has 0 atom stereocenters. The summed E-state index contributed by atoms with van der Waals surface area (Å²) in [4.78, 5) is 20.7. The summed E-state index contributed by atoms with van der Waals surface area (Å²) in [6.45, 7) is 10.2. The first-order valence-corrected chi connectivity index (χ1v) is 10.6. The number of piperidine rings is 1. The minimum atomic E-state index is 0. The number of nitrogens with zero attached hydrogens (tertiary/aromatic N) is 3. The predicted molar refractivity (Wildman–Crippen MR) is 132 cm³/mol. The van der Waals surface area contributed by atoms with Crippen LogP contribution in [0.25, 0.3) is 0 Å². The molecule has 6 nitrogen and oxygen atoms in total. The summed E-state index contributed by atoms with van der Waals surface area (Å²) < 4.78 is 0. The molecular formula is C22H38IN5O. The van der Waals surface area contributed by atoms with E-state index in [4.69, 9.17) is 0 Å². The normalized spacial score (nSPS) is 15.2. The maximum atomic E-state index is 11.6. The van der Waals surface area contributed by atoms with Crippen molar-refractivity contribution in [2.75, 3.05) is 40.3 Å². The van der Waals surface area contributed by atoms with Crippen LogP contribution in [0, 0.1) is 5.92 Å². The Bertz CT molecular complexity index is 623. The maximum absolute atomic E-state index is 11.6. The molecule has 0 aliphatic carbocycles. The molecule has 2 rings (SSSR count). The zero-order chi connectivity index (χ0) is 20.4. The van der Waals surface area contributed by atoms with Gasteiger partial charge in [-0.15, -0.1) is 24.0 Å². The second-order valence-corrected chi connectivity index (χ2v) is 7.49. The van der Waals surface area contributed by atoms with E-state index in [1.165, 1.54) is 11.1 Å². The summed E-state index contributed by atoms with van der Waals surface area (Å²) in [7, 11) is 3.55. The smallest absolute Gasteiger partial charge is 0.220 e. The van der Waals surface area contributed by atoms with Gasteiger partial charge in [0.15, 0.2) is 5.96 Å². The van der Waals surface area contributed by atoms with Crippen LogP contribution in [0.15, 0.2) is 29.3 Å². The van der Waals surface area contributed by atoms with E-state index in [9.17, 15) is 4.79 Å². The van der Waals surface area contributed by atoms with Crippen LogP contribution in [0.1, 0.15) is 44.2 Å². The summed E-state index contributed by atoms with van der Waals surface area (Å²) in [6, 6.07) is 8.86. The maximum Gasteiger partial charge on any atom is 0.220 e. The van der Waals surface area contributed by atoms with Crippen molar-refractivity contribution >= 4 is 35.8 Å². The molecule has 0 unspecified atom stereocenters. The number of nitrogens with one attached hydrogen (secondary N) is 2. The third-order valence-corrected chi connectivity index (χ3v) is 5.65. The van der Waals surface area contributed by atoms with Crippen molar-refractivity contribution in [2.45, 2.75) is 46.2 Å². The standard InChI is InChI=1S/C22H37N5O.HI/c1-5-26(6-2)17-20-9-7-19(8-10-20)16-25-22(24-4)27-13-11-18(12-14-27)15-21(28)23-3;/h7-10,18H,5-6,11-17H2,1-4H3,(H,23,28)(H,24,25);1H. The third-order valence-electron chi connectivity index (χ3n) is 5.65. The highest BCUT2D eigenvalue weighted by atomic mass is 127. The van der Waals surface area contributed by atoms with E-state index in [0.717, 1.165) is 58.1 Å². The second kappa shape index (κ2) is 13.8. The van der Waals surface area contributed by atoms with E-state index >= 15 is 0 Å². The van der Waals surface area contributed by atoms with Gasteiger partial charge in [0, 0.05) is 46.7 Å². The molecule has 0 spiro atoms. The van der Waals surface area contributed by atoms with Crippen molar-refractivity contribution in [3.63, 3.8) is 0 Å². The molecule has 0 bridgehead atoms. The highest BCUT2D eigenvalue weighted by Gasteiger charge is 2.22. The van der Waals surface area contributed by atoms with Crippen LogP contribution in [-0.2, 0) is 17.9 Å². The first-order chi connectivity index (χ1) is 13.6. The SMILES string of the molecule is CCN(CC)Cc1ccc(CNC(=NC)N2CCC(CC(=O)NC)CC2)cc1.I. The van der Waals surface area contributed by atoms with Gasteiger partial charge >= 0.3 is 0 Å². The number of carbonyl (C=O) groups excluding carboxylic acids is 1. The summed E-state index contributed by atoms with van der Waals surface area (Å²) in [6.07, 6.45) is 2.71. The molecule has 164 valence electrons. The Morgan fingerprint density at radius 1 is 1.14 bits per heavy atom. The minimum Gasteiger partial charge on any atom is -0.359 e. The average molecular weight is 515 g/mol. The third kappa shape index (κ3) is 8.50. The molecule has 1 aliphatic rings. The van der Waals surface area contributed by atoms with E-state index in [0.29, 0.717) is 12.3 Å². The number of rotatable bonds is 8. The molecule has 29 heavy (non-hydrogen) atoms. The van der Waals surface area contributed by atoms with Crippen LogP contribution in [0.2, 0.25) is 0 Å². The van der Waals surface area contributed by atoms with Crippen molar-refractivity contribution in [1.29, 1.82) is 0 Å². The number of benzene rings is 1. The highest BCUT2D eigenvalue weighted by Crippen LogP contribution is 2.20. The van der Waals surface area contributed by atoms with Gasteiger partial charge in [0.05, 0.1) is 0 Å². The van der Waals surface area contributed by atoms with Gasteiger partial charge in [0.2, 0.25) is 5.91 Å².